The van der Waals surface area contributed by atoms with Gasteiger partial charge >= 0.3 is 0 Å². The van der Waals surface area contributed by atoms with Crippen molar-refractivity contribution >= 4 is 27.5 Å². The number of benzene rings is 2. The van der Waals surface area contributed by atoms with E-state index in [2.05, 4.69) is 5.32 Å². The Labute approximate surface area is 163 Å². The highest BCUT2D eigenvalue weighted by Crippen LogP contribution is 2.27. The number of anilines is 1. The van der Waals surface area contributed by atoms with Gasteiger partial charge in [0.15, 0.2) is 0 Å². The summed E-state index contributed by atoms with van der Waals surface area (Å²) in [6, 6.07) is 10.4. The van der Waals surface area contributed by atoms with Crippen LogP contribution in [0.15, 0.2) is 47.4 Å². The first kappa shape index (κ1) is 19.8. The van der Waals surface area contributed by atoms with Gasteiger partial charge in [0.2, 0.25) is 10.0 Å². The number of hydrogen-bond acceptors (Lipinski definition) is 5. The lowest BCUT2D eigenvalue weighted by Crippen LogP contribution is -2.28. The first-order valence-corrected chi connectivity index (χ1v) is 10.2. The maximum Gasteiger partial charge on any atom is 0.259 e. The first-order valence-electron chi connectivity index (χ1n) is 8.73. The number of sulfonamides is 1. The van der Waals surface area contributed by atoms with Gasteiger partial charge in [-0.25, -0.2) is 8.42 Å². The minimum absolute atomic E-state index is 0.0172. The van der Waals surface area contributed by atoms with Gasteiger partial charge in [-0.3, -0.25) is 9.59 Å². The number of nitrogens with two attached hydrogens (primary N) is 1. The van der Waals surface area contributed by atoms with Crippen LogP contribution in [0.4, 0.5) is 5.69 Å². The van der Waals surface area contributed by atoms with Crippen molar-refractivity contribution in [3.8, 4) is 5.75 Å². The Kier molecular flexibility index (Phi) is 5.66. The lowest BCUT2D eigenvalue weighted by molar-refractivity contribution is 0.100. The largest absolute Gasteiger partial charge is 0.496 e. The smallest absolute Gasteiger partial charge is 0.259 e. The topological polar surface area (TPSA) is 119 Å². The number of methoxy groups -OCH3 is 1. The van der Waals surface area contributed by atoms with Crippen molar-refractivity contribution in [1.82, 2.24) is 4.31 Å². The summed E-state index contributed by atoms with van der Waals surface area (Å²) in [5, 5.41) is 2.60. The number of rotatable bonds is 6. The molecule has 3 N–H and O–H groups in total. The quantitative estimate of drug-likeness (QED) is 0.763. The second-order valence-electron chi connectivity index (χ2n) is 6.34. The van der Waals surface area contributed by atoms with Crippen LogP contribution in [0.1, 0.15) is 33.6 Å². The second-order valence-corrected chi connectivity index (χ2v) is 8.28. The molecule has 2 aromatic carbocycles. The Morgan fingerprint density at radius 3 is 2.39 bits per heavy atom. The maximum absolute atomic E-state index is 12.8. The van der Waals surface area contributed by atoms with Gasteiger partial charge in [-0.1, -0.05) is 12.1 Å². The predicted molar refractivity (Wildman–Crippen MR) is 104 cm³/mol. The molecule has 1 heterocycles. The highest BCUT2D eigenvalue weighted by atomic mass is 32.2. The molecular formula is C19H21N3O5S. The van der Waals surface area contributed by atoms with Gasteiger partial charge in [0.25, 0.3) is 11.8 Å². The minimum atomic E-state index is -3.69. The highest BCUT2D eigenvalue weighted by molar-refractivity contribution is 7.89. The van der Waals surface area contributed by atoms with Gasteiger partial charge in [-0.2, -0.15) is 4.31 Å². The van der Waals surface area contributed by atoms with E-state index >= 15 is 0 Å². The summed E-state index contributed by atoms with van der Waals surface area (Å²) >= 11 is 0. The van der Waals surface area contributed by atoms with E-state index in [1.165, 1.54) is 41.7 Å². The molecule has 1 aliphatic rings. The van der Waals surface area contributed by atoms with Crippen molar-refractivity contribution in [2.45, 2.75) is 17.7 Å². The molecule has 1 fully saturated rings. The summed E-state index contributed by atoms with van der Waals surface area (Å²) in [5.41, 5.74) is 5.76. The van der Waals surface area contributed by atoms with Crippen LogP contribution in [0.5, 0.6) is 5.75 Å². The summed E-state index contributed by atoms with van der Waals surface area (Å²) in [7, 11) is -2.30. The molecule has 0 radical (unpaired) electrons. The van der Waals surface area contributed by atoms with Gasteiger partial charge < -0.3 is 15.8 Å². The molecule has 9 heteroatoms. The van der Waals surface area contributed by atoms with Crippen LogP contribution in [0, 0.1) is 0 Å². The fourth-order valence-corrected chi connectivity index (χ4v) is 4.64. The van der Waals surface area contributed by atoms with Crippen molar-refractivity contribution in [1.29, 1.82) is 0 Å². The Balaban J connectivity index is 1.97. The lowest BCUT2D eigenvalue weighted by Gasteiger charge is -2.17. The molecule has 0 unspecified atom stereocenters. The zero-order chi connectivity index (χ0) is 20.3. The summed E-state index contributed by atoms with van der Waals surface area (Å²) in [4.78, 5) is 24.4. The molecule has 1 aliphatic heterocycles. The van der Waals surface area contributed by atoms with E-state index < -0.39 is 21.8 Å². The van der Waals surface area contributed by atoms with Crippen LogP contribution in [-0.2, 0) is 10.0 Å². The highest BCUT2D eigenvalue weighted by Gasteiger charge is 2.28. The molecule has 1 saturated heterocycles. The van der Waals surface area contributed by atoms with E-state index in [1.54, 1.807) is 12.1 Å². The molecule has 0 bridgehead atoms. The third-order valence-electron chi connectivity index (χ3n) is 4.56. The average Bonchev–Trinajstić information content (AvgIpc) is 3.23. The fourth-order valence-electron chi connectivity index (χ4n) is 3.10. The molecule has 0 aromatic heterocycles. The zero-order valence-corrected chi connectivity index (χ0v) is 16.2. The molecule has 3 rings (SSSR count). The van der Waals surface area contributed by atoms with Crippen LogP contribution in [-0.4, -0.2) is 44.7 Å². The van der Waals surface area contributed by atoms with E-state index in [0.717, 1.165) is 12.8 Å². The number of hydrogen-bond donors (Lipinski definition) is 2. The third kappa shape index (κ3) is 3.85. The van der Waals surface area contributed by atoms with E-state index in [0.29, 0.717) is 13.1 Å². The number of nitrogens with zero attached hydrogens (tertiary/aromatic N) is 1. The van der Waals surface area contributed by atoms with Crippen molar-refractivity contribution in [2.75, 3.05) is 25.5 Å². The fraction of sp³-hybridized carbons (Fsp3) is 0.263. The van der Waals surface area contributed by atoms with Gasteiger partial charge in [0.05, 0.1) is 28.8 Å². The molecule has 148 valence electrons. The van der Waals surface area contributed by atoms with Crippen LogP contribution < -0.4 is 15.8 Å². The van der Waals surface area contributed by atoms with Crippen LogP contribution in [0.25, 0.3) is 0 Å². The molecule has 28 heavy (non-hydrogen) atoms. The molecule has 0 aliphatic carbocycles. The summed E-state index contributed by atoms with van der Waals surface area (Å²) in [6.07, 6.45) is 1.62. The van der Waals surface area contributed by atoms with E-state index in [9.17, 15) is 18.0 Å². The molecule has 8 nitrogen and oxygen atoms in total. The van der Waals surface area contributed by atoms with Crippen molar-refractivity contribution in [3.05, 3.63) is 53.6 Å². The first-order chi connectivity index (χ1) is 13.3. The Hall–Kier alpha value is -2.91. The predicted octanol–water partition coefficient (Wildman–Crippen LogP) is 1.83. The number of carbonyl (C=O) groups excluding carboxylic acids is 2. The van der Waals surface area contributed by atoms with Crippen molar-refractivity contribution in [3.63, 3.8) is 0 Å². The van der Waals surface area contributed by atoms with Crippen LogP contribution in [0.2, 0.25) is 0 Å². The number of nitrogens with one attached hydrogen (secondary N) is 1. The number of amides is 2. The lowest BCUT2D eigenvalue weighted by atomic mass is 10.1. The molecule has 2 amide bonds. The van der Waals surface area contributed by atoms with E-state index in [-0.39, 0.29) is 27.5 Å². The molecule has 0 atom stereocenters. The summed E-state index contributed by atoms with van der Waals surface area (Å²) < 4.78 is 32.2. The Bertz CT molecular complexity index is 1010. The van der Waals surface area contributed by atoms with Crippen LogP contribution in [0.3, 0.4) is 0 Å². The van der Waals surface area contributed by atoms with E-state index in [4.69, 9.17) is 10.5 Å². The molecule has 2 aromatic rings. The second kappa shape index (κ2) is 7.99. The van der Waals surface area contributed by atoms with Gasteiger partial charge in [-0.05, 0) is 43.2 Å². The van der Waals surface area contributed by atoms with E-state index in [1.807, 2.05) is 0 Å². The number of primary amides is 1. The summed E-state index contributed by atoms with van der Waals surface area (Å²) in [6.45, 7) is 0.920. The zero-order valence-electron chi connectivity index (χ0n) is 15.3. The number of para-hydroxylation sites is 1. The Morgan fingerprint density at radius 1 is 1.07 bits per heavy atom. The molecule has 0 spiro atoms. The minimum Gasteiger partial charge on any atom is -0.496 e. The summed E-state index contributed by atoms with van der Waals surface area (Å²) in [5.74, 6) is -1.08. The van der Waals surface area contributed by atoms with Crippen molar-refractivity contribution < 1.29 is 22.7 Å². The normalized spacial score (nSPS) is 14.6. The van der Waals surface area contributed by atoms with Gasteiger partial charge in [-0.15, -0.1) is 0 Å². The van der Waals surface area contributed by atoms with Crippen LogP contribution >= 0.6 is 0 Å². The number of ether oxygens (including phenoxy) is 1. The molecule has 0 saturated carbocycles. The monoisotopic (exact) mass is 403 g/mol. The molecular weight excluding hydrogens is 382 g/mol. The number of carbonyl (C=O) groups is 2. The maximum atomic E-state index is 12.8. The van der Waals surface area contributed by atoms with Gasteiger partial charge in [0.1, 0.15) is 5.75 Å². The Morgan fingerprint density at radius 2 is 1.75 bits per heavy atom. The average molecular weight is 403 g/mol. The van der Waals surface area contributed by atoms with Crippen molar-refractivity contribution in [2.24, 2.45) is 5.73 Å². The van der Waals surface area contributed by atoms with Gasteiger partial charge in [0, 0.05) is 13.1 Å². The third-order valence-corrected chi connectivity index (χ3v) is 6.45. The standard InChI is InChI=1S/C19H21N3O5S/c1-27-17-9-8-13(28(25,26)22-10-4-5-11-22)12-15(17)19(24)21-16-7-3-2-6-14(16)18(20)23/h2-3,6-9,12H,4-5,10-11H2,1H3,(H2,20,23)(H,21,24). The SMILES string of the molecule is COc1ccc(S(=O)(=O)N2CCCC2)cc1C(=O)Nc1ccccc1C(N)=O.